The number of fused-ring (bicyclic) bond motifs is 1. The van der Waals surface area contributed by atoms with E-state index in [2.05, 4.69) is 4.99 Å². The highest BCUT2D eigenvalue weighted by Gasteiger charge is 2.28. The third kappa shape index (κ3) is 1.88. The number of quaternary nitrogens is 1. The summed E-state index contributed by atoms with van der Waals surface area (Å²) < 4.78 is 0. The fraction of sp³-hybridized carbons (Fsp3) is 0. The summed E-state index contributed by atoms with van der Waals surface area (Å²) in [4.78, 5) is 16.4. The van der Waals surface area contributed by atoms with Gasteiger partial charge in [0, 0.05) is 11.6 Å². The van der Waals surface area contributed by atoms with E-state index >= 15 is 0 Å². The first-order valence-electron chi connectivity index (χ1n) is 5.87. The summed E-state index contributed by atoms with van der Waals surface area (Å²) in [5.74, 6) is -0.757. The minimum atomic E-state index is -1.26. The molecule has 1 aliphatic heterocycles. The fourth-order valence-electron chi connectivity index (χ4n) is 2.11. The Hall–Kier alpha value is -2.54. The van der Waals surface area contributed by atoms with Crippen LogP contribution >= 0.6 is 0 Å². The first kappa shape index (κ1) is 12.5. The molecule has 3 N–H and O–H groups in total. The summed E-state index contributed by atoms with van der Waals surface area (Å²) in [6.07, 6.45) is 0. The zero-order valence-electron chi connectivity index (χ0n) is 10.2. The third-order valence-corrected chi connectivity index (χ3v) is 3.08. The predicted molar refractivity (Wildman–Crippen MR) is 70.9 cm³/mol. The van der Waals surface area contributed by atoms with Crippen LogP contribution in [-0.2, 0) is 0 Å². The van der Waals surface area contributed by atoms with Gasteiger partial charge in [-0.25, -0.2) is 10.2 Å². The molecule has 1 heterocycles. The van der Waals surface area contributed by atoms with E-state index in [1.54, 1.807) is 24.3 Å². The number of Topliss-reactive ketones (excluding diaryl/α,β-unsaturated/α-hetero) is 1. The number of aromatic hydroxyl groups is 1. The Bertz CT molecular complexity index is 723. The second-order valence-corrected chi connectivity index (χ2v) is 4.35. The minimum Gasteiger partial charge on any atom is -0.595 e. The van der Waals surface area contributed by atoms with Crippen molar-refractivity contribution >= 4 is 22.9 Å². The van der Waals surface area contributed by atoms with Gasteiger partial charge in [-0.1, -0.05) is 30.3 Å². The molecule has 6 nitrogen and oxygen atoms in total. The van der Waals surface area contributed by atoms with E-state index in [1.165, 1.54) is 6.07 Å². The van der Waals surface area contributed by atoms with Gasteiger partial charge in [0.25, 0.3) is 0 Å². The number of carbonyl (C=O) groups excluding carboxylic acids is 1. The summed E-state index contributed by atoms with van der Waals surface area (Å²) in [6, 6.07) is 11.3. The fourth-order valence-corrected chi connectivity index (χ4v) is 2.11. The van der Waals surface area contributed by atoms with Gasteiger partial charge in [-0.3, -0.25) is 4.79 Å². The van der Waals surface area contributed by atoms with E-state index in [0.29, 0.717) is 5.56 Å². The molecule has 1 aliphatic rings. The van der Waals surface area contributed by atoms with Gasteiger partial charge in [0.1, 0.15) is 5.71 Å². The zero-order chi connectivity index (χ0) is 14.3. The van der Waals surface area contributed by atoms with E-state index in [9.17, 15) is 15.1 Å². The summed E-state index contributed by atoms with van der Waals surface area (Å²) in [7, 11) is 0. The van der Waals surface area contributed by atoms with Crippen molar-refractivity contribution in [1.29, 1.82) is 0 Å². The van der Waals surface area contributed by atoms with Crippen LogP contribution in [0.4, 0.5) is 11.4 Å². The van der Waals surface area contributed by atoms with Crippen LogP contribution in [0.1, 0.15) is 15.9 Å². The first-order valence-corrected chi connectivity index (χ1v) is 5.87. The summed E-state index contributed by atoms with van der Waals surface area (Å²) in [5, 5.41) is 28.3. The summed E-state index contributed by atoms with van der Waals surface area (Å²) >= 11 is 0. The standard InChI is InChI=1S/C14H10N2O4/c17-12-6-9-10(7-11(12)16(19)20)15-13(14(9)18)8-4-2-1-3-5-8/h1-7,16-17,19H. The Morgan fingerprint density at radius 2 is 1.85 bits per heavy atom. The molecule has 0 amide bonds. The maximum Gasteiger partial charge on any atom is 0.214 e. The summed E-state index contributed by atoms with van der Waals surface area (Å²) in [5.41, 5.74) is 1.12. The molecular weight excluding hydrogens is 260 g/mol. The van der Waals surface area contributed by atoms with E-state index in [0.717, 1.165) is 6.07 Å². The van der Waals surface area contributed by atoms with Gasteiger partial charge in [-0.15, -0.1) is 0 Å². The van der Waals surface area contributed by atoms with Crippen molar-refractivity contribution in [3.05, 3.63) is 58.8 Å². The molecule has 100 valence electrons. The molecule has 1 atom stereocenters. The topological polar surface area (TPSA) is 97.4 Å². The largest absolute Gasteiger partial charge is 0.595 e. The molecule has 2 aromatic carbocycles. The van der Waals surface area contributed by atoms with E-state index < -0.39 is 11.0 Å². The molecule has 20 heavy (non-hydrogen) atoms. The molecule has 0 fully saturated rings. The number of nitrogens with one attached hydrogen (secondary N) is 1. The first-order chi connectivity index (χ1) is 9.58. The van der Waals surface area contributed by atoms with Crippen molar-refractivity contribution in [3.63, 3.8) is 0 Å². The second-order valence-electron chi connectivity index (χ2n) is 4.35. The van der Waals surface area contributed by atoms with Crippen molar-refractivity contribution in [2.75, 3.05) is 0 Å². The number of benzene rings is 2. The number of nitrogens with zero attached hydrogens (tertiary/aromatic N) is 1. The van der Waals surface area contributed by atoms with Crippen molar-refractivity contribution in [1.82, 2.24) is 0 Å². The van der Waals surface area contributed by atoms with E-state index in [4.69, 9.17) is 5.21 Å². The molecule has 1 unspecified atom stereocenters. The van der Waals surface area contributed by atoms with Crippen LogP contribution in [0.15, 0.2) is 47.5 Å². The molecule has 0 bridgehead atoms. The van der Waals surface area contributed by atoms with Gasteiger partial charge in [0.05, 0.1) is 11.3 Å². The average Bonchev–Trinajstić information content (AvgIpc) is 2.76. The second kappa shape index (κ2) is 4.53. The summed E-state index contributed by atoms with van der Waals surface area (Å²) in [6.45, 7) is 0. The number of aliphatic imine (C=N–C) groups is 1. The van der Waals surface area contributed by atoms with Crippen LogP contribution in [0.25, 0.3) is 0 Å². The lowest BCUT2D eigenvalue weighted by atomic mass is 10.0. The molecule has 0 aromatic heterocycles. The van der Waals surface area contributed by atoms with Crippen LogP contribution in [0.3, 0.4) is 0 Å². The molecule has 0 saturated heterocycles. The van der Waals surface area contributed by atoms with E-state index in [-0.39, 0.29) is 28.4 Å². The smallest absolute Gasteiger partial charge is 0.214 e. The average molecular weight is 270 g/mol. The number of phenolic OH excluding ortho intramolecular Hbond substituents is 1. The molecule has 2 aromatic rings. The highest BCUT2D eigenvalue weighted by Crippen LogP contribution is 2.35. The van der Waals surface area contributed by atoms with Crippen LogP contribution in [-0.4, -0.2) is 21.8 Å². The Balaban J connectivity index is 2.12. The van der Waals surface area contributed by atoms with Gasteiger partial charge in [-0.2, -0.15) is 5.23 Å². The van der Waals surface area contributed by atoms with Gasteiger partial charge >= 0.3 is 0 Å². The van der Waals surface area contributed by atoms with Gasteiger partial charge in [0.2, 0.25) is 11.5 Å². The molecule has 0 aliphatic carbocycles. The number of phenols is 1. The lowest BCUT2D eigenvalue weighted by Gasteiger charge is -2.13. The van der Waals surface area contributed by atoms with Crippen molar-refractivity contribution < 1.29 is 20.3 Å². The molecule has 0 radical (unpaired) electrons. The molecule has 3 rings (SSSR count). The quantitative estimate of drug-likeness (QED) is 0.562. The van der Waals surface area contributed by atoms with Crippen molar-refractivity contribution in [2.24, 2.45) is 4.99 Å². The number of ketones is 1. The van der Waals surface area contributed by atoms with Crippen LogP contribution in [0, 0.1) is 5.21 Å². The lowest BCUT2D eigenvalue weighted by molar-refractivity contribution is -0.991. The predicted octanol–water partition coefficient (Wildman–Crippen LogP) is 1.11. The van der Waals surface area contributed by atoms with E-state index in [1.807, 2.05) is 6.07 Å². The minimum absolute atomic E-state index is 0.214. The zero-order valence-corrected chi connectivity index (χ0v) is 10.2. The van der Waals surface area contributed by atoms with Gasteiger partial charge in [0.15, 0.2) is 5.75 Å². The highest BCUT2D eigenvalue weighted by molar-refractivity contribution is 6.55. The van der Waals surface area contributed by atoms with Crippen LogP contribution in [0.2, 0.25) is 0 Å². The van der Waals surface area contributed by atoms with Crippen LogP contribution < -0.4 is 5.23 Å². The number of rotatable bonds is 2. The highest BCUT2D eigenvalue weighted by atomic mass is 16.8. The Morgan fingerprint density at radius 3 is 2.50 bits per heavy atom. The van der Waals surface area contributed by atoms with Crippen molar-refractivity contribution in [2.45, 2.75) is 0 Å². The maximum absolute atomic E-state index is 12.2. The monoisotopic (exact) mass is 270 g/mol. The molecule has 0 spiro atoms. The van der Waals surface area contributed by atoms with Gasteiger partial charge < -0.3 is 10.3 Å². The van der Waals surface area contributed by atoms with Crippen LogP contribution in [0.5, 0.6) is 5.75 Å². The number of hydrogen-bond acceptors (Lipinski definition) is 5. The van der Waals surface area contributed by atoms with Gasteiger partial charge in [-0.05, 0) is 6.07 Å². The molecular formula is C14H10N2O4. The van der Waals surface area contributed by atoms with Crippen molar-refractivity contribution in [3.8, 4) is 5.75 Å². The Kier molecular flexibility index (Phi) is 2.83. The number of hydrogen-bond donors (Lipinski definition) is 3. The Morgan fingerprint density at radius 1 is 1.15 bits per heavy atom. The normalized spacial score (nSPS) is 14.9. The number of carbonyl (C=O) groups is 1. The third-order valence-electron chi connectivity index (χ3n) is 3.08. The molecule has 6 heteroatoms. The molecule has 0 saturated carbocycles. The SMILES string of the molecule is O=C1C(c2ccccc2)=Nc2cc([NH+]([O-])O)c(O)cc21. The lowest BCUT2D eigenvalue weighted by Crippen LogP contribution is -2.99. The maximum atomic E-state index is 12.2. The Labute approximate surface area is 113 Å².